The van der Waals surface area contributed by atoms with Crippen molar-refractivity contribution in [1.82, 2.24) is 10.6 Å². The van der Waals surface area contributed by atoms with Crippen molar-refractivity contribution in [2.45, 2.75) is 19.8 Å². The minimum Gasteiger partial charge on any atom is -0.465 e. The van der Waals surface area contributed by atoms with Gasteiger partial charge in [-0.15, -0.1) is 0 Å². The van der Waals surface area contributed by atoms with Crippen molar-refractivity contribution in [1.29, 1.82) is 0 Å². The van der Waals surface area contributed by atoms with Crippen molar-refractivity contribution < 1.29 is 9.90 Å². The largest absolute Gasteiger partial charge is 0.465 e. The first-order chi connectivity index (χ1) is 10.0. The molecule has 0 aliphatic rings. The zero-order chi connectivity index (χ0) is 15.7. The van der Waals surface area contributed by atoms with Gasteiger partial charge in [0.05, 0.1) is 11.4 Å². The number of rotatable bonds is 5. The van der Waals surface area contributed by atoms with E-state index in [1.807, 2.05) is 18.2 Å². The number of nitrogens with one attached hydrogen (secondary N) is 4. The van der Waals surface area contributed by atoms with Gasteiger partial charge in [-0.05, 0) is 43.0 Å². The molecular weight excluding hydrogens is 308 g/mol. The van der Waals surface area contributed by atoms with Crippen LogP contribution in [0.3, 0.4) is 0 Å². The maximum absolute atomic E-state index is 10.5. The molecule has 21 heavy (non-hydrogen) atoms. The molecule has 0 aromatic heterocycles. The molecule has 6 nitrogen and oxygen atoms in total. The van der Waals surface area contributed by atoms with Crippen LogP contribution in [0.25, 0.3) is 0 Å². The summed E-state index contributed by atoms with van der Waals surface area (Å²) in [4.78, 5) is 10.5. The van der Waals surface area contributed by atoms with Crippen molar-refractivity contribution in [3.05, 3.63) is 24.3 Å². The van der Waals surface area contributed by atoms with E-state index in [0.29, 0.717) is 16.5 Å². The molecule has 0 bridgehead atoms. The van der Waals surface area contributed by atoms with Crippen LogP contribution in [-0.4, -0.2) is 28.0 Å². The second-order valence-electron chi connectivity index (χ2n) is 4.16. The van der Waals surface area contributed by atoms with E-state index >= 15 is 0 Å². The third-order valence-corrected chi connectivity index (χ3v) is 2.91. The highest BCUT2D eigenvalue weighted by atomic mass is 32.1. The molecule has 1 amide bonds. The molecule has 0 heterocycles. The Morgan fingerprint density at radius 2 is 1.71 bits per heavy atom. The Labute approximate surface area is 134 Å². The lowest BCUT2D eigenvalue weighted by Crippen LogP contribution is -2.33. The van der Waals surface area contributed by atoms with E-state index in [2.05, 4.69) is 28.2 Å². The summed E-state index contributed by atoms with van der Waals surface area (Å²) in [7, 11) is 0. The molecule has 1 aromatic carbocycles. The standard InChI is InChI=1S/C13H18N4O2S2/c1-2-3-8-14-11(20)15-9-6-4-5-7-10(9)16-12(21)17-13(18)19/h4-7H,2-3,8H2,1H3,(H,18,19)(H2,14,15,20)(H2,16,17,21). The Morgan fingerprint density at radius 3 is 2.24 bits per heavy atom. The molecule has 1 aromatic rings. The van der Waals surface area contributed by atoms with Gasteiger partial charge in [0.1, 0.15) is 0 Å². The molecule has 5 N–H and O–H groups in total. The van der Waals surface area contributed by atoms with Crippen LogP contribution in [-0.2, 0) is 0 Å². The van der Waals surface area contributed by atoms with Gasteiger partial charge in [0.25, 0.3) is 0 Å². The molecule has 114 valence electrons. The molecule has 1 rings (SSSR count). The number of hydrogen-bond acceptors (Lipinski definition) is 3. The van der Waals surface area contributed by atoms with E-state index in [-0.39, 0.29) is 5.11 Å². The van der Waals surface area contributed by atoms with Crippen LogP contribution in [0.5, 0.6) is 0 Å². The third kappa shape index (κ3) is 6.87. The lowest BCUT2D eigenvalue weighted by atomic mass is 10.2. The molecule has 0 aliphatic carbocycles. The van der Waals surface area contributed by atoms with Gasteiger partial charge in [-0.2, -0.15) is 0 Å². The van der Waals surface area contributed by atoms with E-state index in [4.69, 9.17) is 29.5 Å². The Kier molecular flexibility index (Phi) is 7.41. The van der Waals surface area contributed by atoms with Gasteiger partial charge in [0, 0.05) is 6.54 Å². The fourth-order valence-corrected chi connectivity index (χ4v) is 1.91. The Bertz CT molecular complexity index is 523. The summed E-state index contributed by atoms with van der Waals surface area (Å²) in [6, 6.07) is 7.24. The number of benzene rings is 1. The minimum absolute atomic E-state index is 0.00149. The predicted octanol–water partition coefficient (Wildman–Crippen LogP) is 2.74. The van der Waals surface area contributed by atoms with Gasteiger partial charge in [-0.3, -0.25) is 5.32 Å². The highest BCUT2D eigenvalue weighted by Crippen LogP contribution is 2.20. The number of amides is 1. The van der Waals surface area contributed by atoms with Gasteiger partial charge < -0.3 is 21.1 Å². The third-order valence-electron chi connectivity index (χ3n) is 2.46. The zero-order valence-corrected chi connectivity index (χ0v) is 13.2. The minimum atomic E-state index is -1.21. The number of para-hydroxylation sites is 2. The molecule has 0 unspecified atom stereocenters. The van der Waals surface area contributed by atoms with E-state index in [9.17, 15) is 4.79 Å². The molecule has 0 spiro atoms. The molecule has 8 heteroatoms. The van der Waals surface area contributed by atoms with Gasteiger partial charge >= 0.3 is 6.09 Å². The zero-order valence-electron chi connectivity index (χ0n) is 11.6. The molecule has 0 saturated carbocycles. The summed E-state index contributed by atoms with van der Waals surface area (Å²) in [5.41, 5.74) is 1.34. The van der Waals surface area contributed by atoms with Crippen LogP contribution in [0, 0.1) is 0 Å². The van der Waals surface area contributed by atoms with E-state index in [1.165, 1.54) is 0 Å². The highest BCUT2D eigenvalue weighted by molar-refractivity contribution is 7.80. The lowest BCUT2D eigenvalue weighted by Gasteiger charge is -2.15. The Balaban J connectivity index is 2.64. The molecule has 0 aliphatic heterocycles. The maximum atomic E-state index is 10.5. The van der Waals surface area contributed by atoms with E-state index in [1.54, 1.807) is 6.07 Å². The van der Waals surface area contributed by atoms with Gasteiger partial charge in [0.15, 0.2) is 10.2 Å². The maximum Gasteiger partial charge on any atom is 0.410 e. The van der Waals surface area contributed by atoms with Gasteiger partial charge in [-0.1, -0.05) is 25.5 Å². The first kappa shape index (κ1) is 17.1. The summed E-state index contributed by atoms with van der Waals surface area (Å²) in [6.45, 7) is 2.91. The second kappa shape index (κ2) is 9.09. The van der Waals surface area contributed by atoms with Crippen LogP contribution < -0.4 is 21.3 Å². The number of hydrogen-bond donors (Lipinski definition) is 5. The Hall–Kier alpha value is -1.93. The summed E-state index contributed by atoms with van der Waals surface area (Å²) in [5.74, 6) is 0. The predicted molar refractivity (Wildman–Crippen MR) is 93.0 cm³/mol. The quantitative estimate of drug-likeness (QED) is 0.420. The van der Waals surface area contributed by atoms with Crippen molar-refractivity contribution in [3.63, 3.8) is 0 Å². The van der Waals surface area contributed by atoms with Crippen LogP contribution in [0.15, 0.2) is 24.3 Å². The van der Waals surface area contributed by atoms with Crippen LogP contribution in [0.2, 0.25) is 0 Å². The lowest BCUT2D eigenvalue weighted by molar-refractivity contribution is 0.200. The van der Waals surface area contributed by atoms with Crippen molar-refractivity contribution in [2.75, 3.05) is 17.2 Å². The fraction of sp³-hybridized carbons (Fsp3) is 0.308. The summed E-state index contributed by atoms with van der Waals surface area (Å²) in [6.07, 6.45) is 0.909. The van der Waals surface area contributed by atoms with Crippen LogP contribution in [0.1, 0.15) is 19.8 Å². The van der Waals surface area contributed by atoms with Crippen molar-refractivity contribution in [3.8, 4) is 0 Å². The number of carbonyl (C=O) groups is 1. The fourth-order valence-electron chi connectivity index (χ4n) is 1.50. The monoisotopic (exact) mass is 326 g/mol. The topological polar surface area (TPSA) is 85.4 Å². The number of unbranched alkanes of at least 4 members (excludes halogenated alkanes) is 1. The average molecular weight is 326 g/mol. The van der Waals surface area contributed by atoms with Crippen molar-refractivity contribution in [2.24, 2.45) is 0 Å². The summed E-state index contributed by atoms with van der Waals surface area (Å²) in [5, 5.41) is 20.1. The second-order valence-corrected chi connectivity index (χ2v) is 4.98. The SMILES string of the molecule is CCCCNC(=S)Nc1ccccc1NC(=S)NC(=O)O. The average Bonchev–Trinajstić information content (AvgIpc) is 2.40. The number of thiocarbonyl (C=S) groups is 2. The highest BCUT2D eigenvalue weighted by Gasteiger charge is 2.06. The van der Waals surface area contributed by atoms with Crippen LogP contribution >= 0.6 is 24.4 Å². The molecular formula is C13H18N4O2S2. The molecule has 0 saturated heterocycles. The first-order valence-electron chi connectivity index (χ1n) is 6.47. The van der Waals surface area contributed by atoms with Crippen LogP contribution in [0.4, 0.5) is 16.2 Å². The summed E-state index contributed by atoms with van der Waals surface area (Å²) < 4.78 is 0. The van der Waals surface area contributed by atoms with E-state index < -0.39 is 6.09 Å². The summed E-state index contributed by atoms with van der Waals surface area (Å²) >= 11 is 10.1. The van der Waals surface area contributed by atoms with Gasteiger partial charge in [-0.25, -0.2) is 4.79 Å². The molecule has 0 atom stereocenters. The Morgan fingerprint density at radius 1 is 1.14 bits per heavy atom. The number of carboxylic acid groups (broad SMARTS) is 1. The van der Waals surface area contributed by atoms with Crippen molar-refractivity contribution >= 4 is 52.1 Å². The van der Waals surface area contributed by atoms with Gasteiger partial charge in [0.2, 0.25) is 0 Å². The molecule has 0 fully saturated rings. The van der Waals surface area contributed by atoms with E-state index in [0.717, 1.165) is 19.4 Å². The number of anilines is 2. The molecule has 0 radical (unpaired) electrons. The smallest absolute Gasteiger partial charge is 0.410 e. The normalized spacial score (nSPS) is 9.57. The first-order valence-corrected chi connectivity index (χ1v) is 7.29.